The quantitative estimate of drug-likeness (QED) is 0.191. The molecule has 1 aromatic heterocycles. The molecule has 1 unspecified atom stereocenters. The molecule has 1 saturated heterocycles. The maximum absolute atomic E-state index is 13.2. The minimum absolute atomic E-state index is 0.0365. The molecule has 0 radical (unpaired) electrons. The third kappa shape index (κ3) is 4.80. The molecule has 1 amide bonds. The Labute approximate surface area is 172 Å². The topological polar surface area (TPSA) is 240 Å². The fourth-order valence-electron chi connectivity index (χ4n) is 3.20. The number of anilines is 1. The summed E-state index contributed by atoms with van der Waals surface area (Å²) in [5.41, 5.74) is 15.0. The number of aliphatic carboxylic acids is 1. The summed E-state index contributed by atoms with van der Waals surface area (Å²) in [6.45, 7) is -1.30. The van der Waals surface area contributed by atoms with E-state index in [4.69, 9.17) is 31.7 Å². The van der Waals surface area contributed by atoms with Crippen molar-refractivity contribution in [1.29, 1.82) is 0 Å². The second kappa shape index (κ2) is 9.38. The molecular weight excluding hydrogens is 423 g/mol. The SMILES string of the molecule is NCC(N)C(=O)N(c1ncco1)S(=O)(=O)N1C[C@H](CCCB(O)O)[C@](N)(C(=O)O)C1. The third-order valence-corrected chi connectivity index (χ3v) is 6.65. The Balaban J connectivity index is 2.36. The van der Waals surface area contributed by atoms with E-state index >= 15 is 0 Å². The van der Waals surface area contributed by atoms with Crippen LogP contribution in [0.2, 0.25) is 6.32 Å². The fraction of sp³-hybridized carbons (Fsp3) is 0.643. The summed E-state index contributed by atoms with van der Waals surface area (Å²) in [4.78, 5) is 28.1. The standard InChI is InChI=1S/C14H25BN6O8S/c16-6-10(17)11(22)21(13-19-4-5-29-13)30(27,28)20-7-9(2-1-3-15(25)26)14(18,8-20)12(23)24/h4-5,9-10,25-26H,1-3,6-8,16-18H2,(H,23,24)/t9-,10?,14-/m0/s1. The van der Waals surface area contributed by atoms with Gasteiger partial charge in [-0.1, -0.05) is 6.42 Å². The number of rotatable bonds is 10. The zero-order valence-electron chi connectivity index (χ0n) is 16.0. The van der Waals surface area contributed by atoms with Crippen LogP contribution in [0.5, 0.6) is 0 Å². The summed E-state index contributed by atoms with van der Waals surface area (Å²) < 4.78 is 32.4. The lowest BCUT2D eigenvalue weighted by Gasteiger charge is -2.27. The van der Waals surface area contributed by atoms with Gasteiger partial charge in [-0.15, -0.1) is 4.31 Å². The lowest BCUT2D eigenvalue weighted by Crippen LogP contribution is -2.57. The highest BCUT2D eigenvalue weighted by Crippen LogP contribution is 2.34. The van der Waals surface area contributed by atoms with Crippen molar-refractivity contribution in [1.82, 2.24) is 9.29 Å². The van der Waals surface area contributed by atoms with E-state index in [1.807, 2.05) is 0 Å². The minimum atomic E-state index is -4.67. The monoisotopic (exact) mass is 448 g/mol. The average Bonchev–Trinajstić information content (AvgIpc) is 3.30. The van der Waals surface area contributed by atoms with Gasteiger partial charge in [0.05, 0.1) is 12.2 Å². The van der Waals surface area contributed by atoms with Crippen molar-refractivity contribution in [3.05, 3.63) is 12.5 Å². The first-order valence-corrected chi connectivity index (χ1v) is 10.4. The zero-order valence-corrected chi connectivity index (χ0v) is 16.8. The van der Waals surface area contributed by atoms with Gasteiger partial charge in [0.1, 0.15) is 11.8 Å². The predicted molar refractivity (Wildman–Crippen MR) is 104 cm³/mol. The normalized spacial score (nSPS) is 23.3. The van der Waals surface area contributed by atoms with Crippen LogP contribution in [0.4, 0.5) is 6.01 Å². The van der Waals surface area contributed by atoms with Crippen molar-refractivity contribution in [2.75, 3.05) is 23.9 Å². The number of nitrogens with zero attached hydrogens (tertiary/aromatic N) is 3. The third-order valence-electron chi connectivity index (χ3n) is 4.92. The molecule has 14 nitrogen and oxygen atoms in total. The summed E-state index contributed by atoms with van der Waals surface area (Å²) in [5, 5.41) is 27.6. The van der Waals surface area contributed by atoms with E-state index in [-0.39, 0.29) is 36.6 Å². The number of hydrogen-bond acceptors (Lipinski definition) is 11. The predicted octanol–water partition coefficient (Wildman–Crippen LogP) is -3.49. The number of carbonyl (C=O) groups excluding carboxylic acids is 1. The van der Waals surface area contributed by atoms with Gasteiger partial charge in [0, 0.05) is 25.6 Å². The van der Waals surface area contributed by atoms with E-state index in [1.165, 1.54) is 0 Å². The molecule has 0 aromatic carbocycles. The molecule has 9 N–H and O–H groups in total. The Morgan fingerprint density at radius 2 is 2.13 bits per heavy atom. The maximum atomic E-state index is 13.2. The van der Waals surface area contributed by atoms with Gasteiger partial charge in [-0.3, -0.25) is 9.59 Å². The summed E-state index contributed by atoms with van der Waals surface area (Å²) >= 11 is 0. The van der Waals surface area contributed by atoms with Crippen LogP contribution in [-0.4, -0.2) is 83.1 Å². The molecule has 16 heteroatoms. The van der Waals surface area contributed by atoms with E-state index in [0.717, 1.165) is 16.8 Å². The number of carboxylic acids is 1. The van der Waals surface area contributed by atoms with E-state index in [1.54, 1.807) is 0 Å². The first kappa shape index (κ1) is 24.2. The largest absolute Gasteiger partial charge is 0.480 e. The van der Waals surface area contributed by atoms with Crippen LogP contribution in [0.1, 0.15) is 12.8 Å². The fourth-order valence-corrected chi connectivity index (χ4v) is 4.82. The summed E-state index contributed by atoms with van der Waals surface area (Å²) in [5.74, 6) is -3.39. The van der Waals surface area contributed by atoms with Gasteiger partial charge in [-0.25, -0.2) is 4.98 Å². The number of hydrogen-bond donors (Lipinski definition) is 6. The first-order chi connectivity index (χ1) is 13.9. The van der Waals surface area contributed by atoms with Gasteiger partial charge in [0.2, 0.25) is 0 Å². The molecule has 30 heavy (non-hydrogen) atoms. The molecule has 1 aliphatic rings. The van der Waals surface area contributed by atoms with Crippen molar-refractivity contribution in [3.8, 4) is 0 Å². The summed E-state index contributed by atoms with van der Waals surface area (Å²) in [6.07, 6.45) is 2.45. The molecule has 1 fully saturated rings. The molecule has 0 bridgehead atoms. The minimum Gasteiger partial charge on any atom is -0.480 e. The Kier molecular flexibility index (Phi) is 7.56. The molecule has 0 aliphatic carbocycles. The van der Waals surface area contributed by atoms with Gasteiger partial charge in [0.15, 0.2) is 0 Å². The summed E-state index contributed by atoms with van der Waals surface area (Å²) in [6, 6.07) is -1.95. The van der Waals surface area contributed by atoms with E-state index in [2.05, 4.69) is 4.98 Å². The molecule has 0 spiro atoms. The van der Waals surface area contributed by atoms with Crippen LogP contribution in [0.15, 0.2) is 16.9 Å². The van der Waals surface area contributed by atoms with Crippen molar-refractivity contribution in [2.45, 2.75) is 30.7 Å². The second-order valence-corrected chi connectivity index (χ2v) is 8.79. The molecular formula is C14H25BN6O8S. The van der Waals surface area contributed by atoms with Crippen LogP contribution in [-0.2, 0) is 19.8 Å². The lowest BCUT2D eigenvalue weighted by molar-refractivity contribution is -0.144. The molecule has 2 heterocycles. The molecule has 3 atom stereocenters. The Morgan fingerprint density at radius 3 is 2.63 bits per heavy atom. The van der Waals surface area contributed by atoms with Gasteiger partial charge >= 0.3 is 29.3 Å². The number of oxazole rings is 1. The summed E-state index contributed by atoms with van der Waals surface area (Å²) in [7, 11) is -6.26. The number of amides is 1. The van der Waals surface area contributed by atoms with E-state index in [9.17, 15) is 23.1 Å². The average molecular weight is 448 g/mol. The van der Waals surface area contributed by atoms with Crippen molar-refractivity contribution in [3.63, 3.8) is 0 Å². The van der Waals surface area contributed by atoms with Crippen molar-refractivity contribution >= 4 is 35.2 Å². The van der Waals surface area contributed by atoms with Gasteiger partial charge < -0.3 is 36.8 Å². The van der Waals surface area contributed by atoms with Gasteiger partial charge in [-0.05, 0) is 12.7 Å². The van der Waals surface area contributed by atoms with E-state index < -0.39 is 59.3 Å². The lowest BCUT2D eigenvalue weighted by atomic mass is 9.78. The molecule has 2 rings (SSSR count). The van der Waals surface area contributed by atoms with Gasteiger partial charge in [0.25, 0.3) is 5.91 Å². The Morgan fingerprint density at radius 1 is 1.47 bits per heavy atom. The van der Waals surface area contributed by atoms with E-state index in [0.29, 0.717) is 0 Å². The van der Waals surface area contributed by atoms with Gasteiger partial charge in [-0.2, -0.15) is 12.7 Å². The highest BCUT2D eigenvalue weighted by Gasteiger charge is 2.54. The number of carbonyl (C=O) groups is 2. The molecule has 0 saturated carbocycles. The molecule has 1 aliphatic heterocycles. The van der Waals surface area contributed by atoms with Crippen LogP contribution >= 0.6 is 0 Å². The molecule has 168 valence electrons. The van der Waals surface area contributed by atoms with Crippen LogP contribution in [0.25, 0.3) is 0 Å². The van der Waals surface area contributed by atoms with Crippen LogP contribution < -0.4 is 21.5 Å². The Bertz CT molecular complexity index is 853. The zero-order chi connectivity index (χ0) is 22.7. The smallest absolute Gasteiger partial charge is 0.451 e. The maximum Gasteiger partial charge on any atom is 0.451 e. The number of carboxylic acid groups (broad SMARTS) is 1. The highest BCUT2D eigenvalue weighted by atomic mass is 32.2. The van der Waals surface area contributed by atoms with Crippen LogP contribution in [0.3, 0.4) is 0 Å². The van der Waals surface area contributed by atoms with Crippen LogP contribution in [0, 0.1) is 5.92 Å². The second-order valence-electron chi connectivity index (χ2n) is 7.01. The van der Waals surface area contributed by atoms with Crippen molar-refractivity contribution in [2.24, 2.45) is 23.1 Å². The highest BCUT2D eigenvalue weighted by molar-refractivity contribution is 7.91. The Hall–Kier alpha value is -2.08. The molecule has 1 aromatic rings. The first-order valence-electron chi connectivity index (χ1n) is 9.03. The van der Waals surface area contributed by atoms with Crippen molar-refractivity contribution < 1.29 is 37.6 Å². The number of nitrogens with two attached hydrogens (primary N) is 3. The number of aromatic nitrogens is 1.